The van der Waals surface area contributed by atoms with Crippen LogP contribution in [0, 0.1) is 15.0 Å². The highest BCUT2D eigenvalue weighted by atomic mass is 32.2. The molecule has 0 aromatic heterocycles. The van der Waals surface area contributed by atoms with Gasteiger partial charge in [-0.05, 0) is 54.6 Å². The summed E-state index contributed by atoms with van der Waals surface area (Å²) in [4.78, 5) is 21.6. The molecule has 0 saturated carbocycles. The monoisotopic (exact) mass is 427 g/mol. The highest BCUT2D eigenvalue weighted by Crippen LogP contribution is 2.34. The van der Waals surface area contributed by atoms with E-state index >= 15 is 0 Å². The molecule has 30 heavy (non-hydrogen) atoms. The fourth-order valence-electron chi connectivity index (χ4n) is 2.49. The summed E-state index contributed by atoms with van der Waals surface area (Å²) in [6.07, 6.45) is 0. The Kier molecular flexibility index (Phi) is 5.90. The molecule has 0 heterocycles. The van der Waals surface area contributed by atoms with Crippen molar-refractivity contribution in [2.45, 2.75) is 4.90 Å². The molecule has 0 bridgehead atoms. The predicted octanol–water partition coefficient (Wildman–Crippen LogP) is 5.08. The smallest absolute Gasteiger partial charge is 0.282 e. The quantitative estimate of drug-likeness (QED) is 0.181. The van der Waals surface area contributed by atoms with Gasteiger partial charge in [-0.15, -0.1) is 4.91 Å². The summed E-state index contributed by atoms with van der Waals surface area (Å²) >= 11 is 0. The molecule has 0 aliphatic carbocycles. The summed E-state index contributed by atoms with van der Waals surface area (Å²) in [7, 11) is -4.29. The minimum absolute atomic E-state index is 0.0193. The maximum atomic E-state index is 11.3. The molecule has 0 aliphatic heterocycles. The predicted molar refractivity (Wildman–Crippen MR) is 108 cm³/mol. The lowest BCUT2D eigenvalue weighted by molar-refractivity contribution is -0.384. The number of anilines is 2. The molecule has 11 nitrogen and oxygen atoms in total. The number of benzene rings is 3. The van der Waals surface area contributed by atoms with Crippen molar-refractivity contribution in [1.29, 1.82) is 0 Å². The van der Waals surface area contributed by atoms with Crippen molar-refractivity contribution >= 4 is 38.6 Å². The highest BCUT2D eigenvalue weighted by molar-refractivity contribution is 7.85. The first-order valence-corrected chi connectivity index (χ1v) is 9.70. The SMILES string of the molecule is O=NN(c1ccc(N=Nc2ccc(S(=O)(=O)O)cc2)cc1)c1ccccc1[N+](=O)[O-]. The van der Waals surface area contributed by atoms with Crippen LogP contribution in [0.5, 0.6) is 0 Å². The average molecular weight is 427 g/mol. The highest BCUT2D eigenvalue weighted by Gasteiger charge is 2.21. The van der Waals surface area contributed by atoms with Crippen molar-refractivity contribution in [3.63, 3.8) is 0 Å². The largest absolute Gasteiger partial charge is 0.295 e. The number of nitroso groups, excluding NO2 is 1. The number of azo groups is 1. The molecular formula is C18H13N5O6S. The van der Waals surface area contributed by atoms with E-state index in [1.807, 2.05) is 0 Å². The van der Waals surface area contributed by atoms with E-state index in [2.05, 4.69) is 15.5 Å². The van der Waals surface area contributed by atoms with Gasteiger partial charge in [0.05, 0.1) is 32.2 Å². The third-order valence-electron chi connectivity index (χ3n) is 3.90. The van der Waals surface area contributed by atoms with E-state index in [9.17, 15) is 23.4 Å². The standard InChI is InChI=1S/C18H13N5O6S/c24-21-22(17-3-1-2-4-18(17)23(25)26)15-9-5-13(6-10-15)19-20-14-7-11-16(12-8-14)30(27,28)29/h1-12H,(H,27,28,29). The molecular weight excluding hydrogens is 414 g/mol. The zero-order valence-corrected chi connectivity index (χ0v) is 15.9. The third-order valence-corrected chi connectivity index (χ3v) is 4.77. The lowest BCUT2D eigenvalue weighted by Gasteiger charge is -2.15. The van der Waals surface area contributed by atoms with Gasteiger partial charge in [0.15, 0.2) is 0 Å². The number of nitro benzene ring substituents is 1. The van der Waals surface area contributed by atoms with E-state index in [-0.39, 0.29) is 22.0 Å². The minimum Gasteiger partial charge on any atom is -0.282 e. The van der Waals surface area contributed by atoms with Gasteiger partial charge < -0.3 is 0 Å². The maximum Gasteiger partial charge on any atom is 0.295 e. The Hall–Kier alpha value is -4.03. The molecule has 0 amide bonds. The number of para-hydroxylation sites is 2. The number of rotatable bonds is 7. The zero-order chi connectivity index (χ0) is 21.7. The zero-order valence-electron chi connectivity index (χ0n) is 15.1. The van der Waals surface area contributed by atoms with Crippen LogP contribution >= 0.6 is 0 Å². The van der Waals surface area contributed by atoms with Crippen LogP contribution in [0.2, 0.25) is 0 Å². The van der Waals surface area contributed by atoms with Gasteiger partial charge in [0.2, 0.25) is 0 Å². The molecule has 0 unspecified atom stereocenters. The van der Waals surface area contributed by atoms with Crippen LogP contribution in [0.3, 0.4) is 0 Å². The Labute approximate surface area is 170 Å². The van der Waals surface area contributed by atoms with Crippen molar-refractivity contribution in [3.05, 3.63) is 87.8 Å². The van der Waals surface area contributed by atoms with Crippen LogP contribution in [0.25, 0.3) is 0 Å². The third kappa shape index (κ3) is 4.68. The number of nitrogens with zero attached hydrogens (tertiary/aromatic N) is 5. The Balaban J connectivity index is 1.81. The Morgan fingerprint density at radius 3 is 1.90 bits per heavy atom. The fourth-order valence-corrected chi connectivity index (χ4v) is 2.97. The summed E-state index contributed by atoms with van der Waals surface area (Å²) in [5.41, 5.74) is 0.796. The van der Waals surface area contributed by atoms with Crippen LogP contribution in [0.15, 0.2) is 93.2 Å². The molecule has 1 N–H and O–H groups in total. The summed E-state index contributed by atoms with van der Waals surface area (Å²) in [5, 5.41) is 22.9. The van der Waals surface area contributed by atoms with Gasteiger partial charge in [-0.3, -0.25) is 14.7 Å². The second-order valence-electron chi connectivity index (χ2n) is 5.82. The molecule has 0 atom stereocenters. The van der Waals surface area contributed by atoms with Gasteiger partial charge in [0, 0.05) is 6.07 Å². The number of hydrogen-bond donors (Lipinski definition) is 1. The molecule has 3 aromatic rings. The van der Waals surface area contributed by atoms with Gasteiger partial charge in [0.1, 0.15) is 5.69 Å². The van der Waals surface area contributed by atoms with E-state index in [0.29, 0.717) is 11.4 Å². The van der Waals surface area contributed by atoms with Crippen molar-refractivity contribution in [1.82, 2.24) is 0 Å². The molecule has 0 aliphatic rings. The maximum absolute atomic E-state index is 11.3. The van der Waals surface area contributed by atoms with E-state index < -0.39 is 15.0 Å². The Morgan fingerprint density at radius 1 is 0.867 bits per heavy atom. The molecule has 0 spiro atoms. The number of hydrogen-bond acceptors (Lipinski definition) is 8. The van der Waals surface area contributed by atoms with Gasteiger partial charge >= 0.3 is 0 Å². The first kappa shape index (κ1) is 20.7. The molecule has 0 radical (unpaired) electrons. The van der Waals surface area contributed by atoms with Crippen molar-refractivity contribution in [2.24, 2.45) is 15.5 Å². The van der Waals surface area contributed by atoms with Crippen LogP contribution < -0.4 is 5.01 Å². The average Bonchev–Trinajstić information content (AvgIpc) is 2.73. The van der Waals surface area contributed by atoms with Crippen molar-refractivity contribution in [2.75, 3.05) is 5.01 Å². The number of nitro groups is 1. The fraction of sp³-hybridized carbons (Fsp3) is 0. The molecule has 152 valence electrons. The lowest BCUT2D eigenvalue weighted by Crippen LogP contribution is -2.09. The summed E-state index contributed by atoms with van der Waals surface area (Å²) in [6.45, 7) is 0. The van der Waals surface area contributed by atoms with Gasteiger partial charge in [0.25, 0.3) is 15.8 Å². The van der Waals surface area contributed by atoms with Crippen molar-refractivity contribution in [3.8, 4) is 0 Å². The summed E-state index contributed by atoms with van der Waals surface area (Å²) in [6, 6.07) is 16.9. The Morgan fingerprint density at radius 2 is 1.40 bits per heavy atom. The van der Waals surface area contributed by atoms with Crippen LogP contribution in [0.1, 0.15) is 0 Å². The van der Waals surface area contributed by atoms with Gasteiger partial charge in [-0.1, -0.05) is 12.1 Å². The van der Waals surface area contributed by atoms with Crippen LogP contribution in [-0.4, -0.2) is 17.9 Å². The molecule has 0 saturated heterocycles. The first-order valence-electron chi connectivity index (χ1n) is 8.26. The second-order valence-corrected chi connectivity index (χ2v) is 7.25. The Bertz CT molecular complexity index is 1210. The van der Waals surface area contributed by atoms with Crippen LogP contribution in [-0.2, 0) is 10.1 Å². The van der Waals surface area contributed by atoms with E-state index in [0.717, 1.165) is 5.01 Å². The lowest BCUT2D eigenvalue weighted by atomic mass is 10.2. The van der Waals surface area contributed by atoms with E-state index in [1.54, 1.807) is 6.07 Å². The first-order chi connectivity index (χ1) is 14.3. The normalized spacial score (nSPS) is 11.4. The summed E-state index contributed by atoms with van der Waals surface area (Å²) in [5.74, 6) is 0. The van der Waals surface area contributed by atoms with E-state index in [1.165, 1.54) is 66.7 Å². The van der Waals surface area contributed by atoms with Gasteiger partial charge in [-0.25, -0.2) is 0 Å². The minimum atomic E-state index is -4.29. The van der Waals surface area contributed by atoms with Crippen molar-refractivity contribution < 1.29 is 17.9 Å². The molecule has 12 heteroatoms. The topological polar surface area (TPSA) is 155 Å². The van der Waals surface area contributed by atoms with Crippen LogP contribution in [0.4, 0.5) is 28.4 Å². The molecule has 3 aromatic carbocycles. The van der Waals surface area contributed by atoms with Gasteiger partial charge in [-0.2, -0.15) is 23.7 Å². The summed E-state index contributed by atoms with van der Waals surface area (Å²) < 4.78 is 31.0. The molecule has 0 fully saturated rings. The molecule has 3 rings (SSSR count). The van der Waals surface area contributed by atoms with E-state index in [4.69, 9.17) is 4.55 Å². The second kappa shape index (κ2) is 8.55.